The first-order valence-corrected chi connectivity index (χ1v) is 9.44. The van der Waals surface area contributed by atoms with Crippen molar-refractivity contribution in [3.63, 3.8) is 0 Å². The molecule has 9 nitrogen and oxygen atoms in total. The van der Waals surface area contributed by atoms with Crippen molar-refractivity contribution in [2.75, 3.05) is 26.7 Å². The number of esters is 1. The SMILES string of the molecule is COC(=O)c1sccc1S(=O)(=O)N1CCC(N2C(=O)CNC2=O)C1. The molecule has 2 fully saturated rings. The van der Waals surface area contributed by atoms with E-state index in [1.54, 1.807) is 0 Å². The lowest BCUT2D eigenvalue weighted by molar-refractivity contribution is -0.126. The normalized spacial score (nSPS) is 22.0. The van der Waals surface area contributed by atoms with Crippen molar-refractivity contribution in [1.82, 2.24) is 14.5 Å². The van der Waals surface area contributed by atoms with Crippen molar-refractivity contribution in [2.24, 2.45) is 0 Å². The van der Waals surface area contributed by atoms with Gasteiger partial charge in [0.1, 0.15) is 9.77 Å². The quantitative estimate of drug-likeness (QED) is 0.580. The Balaban J connectivity index is 1.83. The van der Waals surface area contributed by atoms with Crippen LogP contribution in [0, 0.1) is 0 Å². The molecule has 1 atom stereocenters. The summed E-state index contributed by atoms with van der Waals surface area (Å²) in [7, 11) is -2.72. The number of carbonyl (C=O) groups is 3. The van der Waals surface area contributed by atoms with Gasteiger partial charge in [-0.3, -0.25) is 9.69 Å². The molecule has 1 aromatic heterocycles. The maximum atomic E-state index is 12.8. The third-order valence-corrected chi connectivity index (χ3v) is 6.92. The van der Waals surface area contributed by atoms with E-state index < -0.39 is 28.1 Å². The van der Waals surface area contributed by atoms with Gasteiger partial charge in [0.15, 0.2) is 0 Å². The number of sulfonamides is 1. The number of nitrogens with one attached hydrogen (secondary N) is 1. The van der Waals surface area contributed by atoms with Crippen LogP contribution in [0.4, 0.5) is 4.79 Å². The van der Waals surface area contributed by atoms with Gasteiger partial charge >= 0.3 is 12.0 Å². The lowest BCUT2D eigenvalue weighted by Gasteiger charge is -2.21. The first-order chi connectivity index (χ1) is 11.4. The summed E-state index contributed by atoms with van der Waals surface area (Å²) in [5, 5.41) is 3.92. The summed E-state index contributed by atoms with van der Waals surface area (Å²) in [5.74, 6) is -1.08. The summed E-state index contributed by atoms with van der Waals surface area (Å²) >= 11 is 0.986. The Kier molecular flexibility index (Phi) is 4.32. The third kappa shape index (κ3) is 2.68. The fourth-order valence-corrected chi connectivity index (χ4v) is 5.63. The minimum Gasteiger partial charge on any atom is -0.465 e. The maximum Gasteiger partial charge on any atom is 0.349 e. The number of hydrogen-bond donors (Lipinski definition) is 1. The Bertz CT molecular complexity index is 786. The smallest absolute Gasteiger partial charge is 0.349 e. The van der Waals surface area contributed by atoms with Crippen LogP contribution in [-0.2, 0) is 19.6 Å². The second kappa shape index (κ2) is 6.15. The van der Waals surface area contributed by atoms with E-state index in [0.29, 0.717) is 6.42 Å². The summed E-state index contributed by atoms with van der Waals surface area (Å²) < 4.78 is 31.4. The fraction of sp³-hybridized carbons (Fsp3) is 0.462. The van der Waals surface area contributed by atoms with E-state index in [1.165, 1.54) is 22.9 Å². The van der Waals surface area contributed by atoms with Gasteiger partial charge in [-0.1, -0.05) is 0 Å². The van der Waals surface area contributed by atoms with Gasteiger partial charge in [-0.05, 0) is 17.9 Å². The minimum atomic E-state index is -3.91. The van der Waals surface area contributed by atoms with E-state index in [0.717, 1.165) is 16.2 Å². The number of urea groups is 1. The molecule has 1 unspecified atom stereocenters. The second-order valence-electron chi connectivity index (χ2n) is 5.33. The number of imide groups is 1. The zero-order valence-corrected chi connectivity index (χ0v) is 14.4. The molecule has 24 heavy (non-hydrogen) atoms. The average molecular weight is 373 g/mol. The van der Waals surface area contributed by atoms with Crippen LogP contribution in [-0.4, -0.2) is 68.3 Å². The van der Waals surface area contributed by atoms with Gasteiger partial charge in [-0.15, -0.1) is 11.3 Å². The molecule has 0 bridgehead atoms. The lowest BCUT2D eigenvalue weighted by atomic mass is 10.2. The van der Waals surface area contributed by atoms with Crippen LogP contribution in [0.1, 0.15) is 16.1 Å². The first-order valence-electron chi connectivity index (χ1n) is 7.12. The Morgan fingerprint density at radius 2 is 2.17 bits per heavy atom. The Morgan fingerprint density at radius 3 is 2.79 bits per heavy atom. The lowest BCUT2D eigenvalue weighted by Crippen LogP contribution is -2.43. The number of carbonyl (C=O) groups excluding carboxylic acids is 3. The highest BCUT2D eigenvalue weighted by Crippen LogP contribution is 2.29. The van der Waals surface area contributed by atoms with Crippen LogP contribution < -0.4 is 5.32 Å². The van der Waals surface area contributed by atoms with Gasteiger partial charge in [0, 0.05) is 13.1 Å². The first kappa shape index (κ1) is 16.9. The molecule has 1 N–H and O–H groups in total. The van der Waals surface area contributed by atoms with E-state index in [9.17, 15) is 22.8 Å². The van der Waals surface area contributed by atoms with Gasteiger partial charge in [-0.25, -0.2) is 18.0 Å². The van der Waals surface area contributed by atoms with Crippen LogP contribution in [0.15, 0.2) is 16.3 Å². The predicted molar refractivity (Wildman–Crippen MR) is 83.1 cm³/mol. The van der Waals surface area contributed by atoms with E-state index in [2.05, 4.69) is 10.1 Å². The Hall–Kier alpha value is -1.98. The van der Waals surface area contributed by atoms with Crippen LogP contribution >= 0.6 is 11.3 Å². The largest absolute Gasteiger partial charge is 0.465 e. The molecule has 0 aromatic carbocycles. The number of methoxy groups -OCH3 is 1. The van der Waals surface area contributed by atoms with E-state index in [-0.39, 0.29) is 35.3 Å². The summed E-state index contributed by atoms with van der Waals surface area (Å²) in [4.78, 5) is 36.1. The highest BCUT2D eigenvalue weighted by atomic mass is 32.2. The highest BCUT2D eigenvalue weighted by Gasteiger charge is 2.42. The molecule has 0 aliphatic carbocycles. The molecule has 2 saturated heterocycles. The van der Waals surface area contributed by atoms with Crippen LogP contribution in [0.5, 0.6) is 0 Å². The predicted octanol–water partition coefficient (Wildman–Crippen LogP) is -0.150. The van der Waals surface area contributed by atoms with Crippen LogP contribution in [0.2, 0.25) is 0 Å². The molecule has 3 rings (SSSR count). The second-order valence-corrected chi connectivity index (χ2v) is 8.16. The van der Waals surface area contributed by atoms with Crippen molar-refractivity contribution in [3.05, 3.63) is 16.3 Å². The van der Waals surface area contributed by atoms with Crippen molar-refractivity contribution < 1.29 is 27.5 Å². The average Bonchev–Trinajstić information content (AvgIpc) is 3.26. The fourth-order valence-electron chi connectivity index (χ4n) is 2.83. The topological polar surface area (TPSA) is 113 Å². The number of rotatable bonds is 4. The van der Waals surface area contributed by atoms with Crippen LogP contribution in [0.25, 0.3) is 0 Å². The summed E-state index contributed by atoms with van der Waals surface area (Å²) in [6, 6.07) is 0.345. The van der Waals surface area contributed by atoms with Gasteiger partial charge in [0.25, 0.3) is 0 Å². The molecule has 0 spiro atoms. The summed E-state index contributed by atoms with van der Waals surface area (Å²) in [5.41, 5.74) is 0. The molecular formula is C13H15N3O6S2. The monoisotopic (exact) mass is 373 g/mol. The molecule has 3 heterocycles. The Labute approximate surface area is 142 Å². The van der Waals surface area contributed by atoms with E-state index >= 15 is 0 Å². The number of amides is 3. The molecule has 2 aliphatic heterocycles. The van der Waals surface area contributed by atoms with Gasteiger partial charge < -0.3 is 10.1 Å². The minimum absolute atomic E-state index is 0.0101. The van der Waals surface area contributed by atoms with E-state index in [1.807, 2.05) is 0 Å². The van der Waals surface area contributed by atoms with Crippen molar-refractivity contribution >= 4 is 39.3 Å². The number of hydrogen-bond acceptors (Lipinski definition) is 7. The molecular weight excluding hydrogens is 358 g/mol. The molecule has 1 aromatic rings. The van der Waals surface area contributed by atoms with Crippen molar-refractivity contribution in [3.8, 4) is 0 Å². The van der Waals surface area contributed by atoms with Gasteiger partial charge in [-0.2, -0.15) is 4.31 Å². The highest BCUT2D eigenvalue weighted by molar-refractivity contribution is 7.89. The molecule has 2 aliphatic rings. The standard InChI is InChI=1S/C13H15N3O6S2/c1-22-12(18)11-9(3-5-23-11)24(20,21)15-4-2-8(7-15)16-10(17)6-14-13(16)19/h3,5,8H,2,4,6-7H2,1H3,(H,14,19). The number of thiophene rings is 1. The maximum absolute atomic E-state index is 12.8. The van der Waals surface area contributed by atoms with Gasteiger partial charge in [0.05, 0.1) is 19.7 Å². The number of nitrogens with zero attached hydrogens (tertiary/aromatic N) is 2. The summed E-state index contributed by atoms with van der Waals surface area (Å²) in [6.07, 6.45) is 0.357. The zero-order chi connectivity index (χ0) is 17.5. The molecule has 130 valence electrons. The molecule has 3 amide bonds. The molecule has 0 radical (unpaired) electrons. The van der Waals surface area contributed by atoms with Crippen molar-refractivity contribution in [2.45, 2.75) is 17.4 Å². The molecule has 11 heteroatoms. The third-order valence-electron chi connectivity index (χ3n) is 3.99. The van der Waals surface area contributed by atoms with Crippen LogP contribution in [0.3, 0.4) is 0 Å². The zero-order valence-electron chi connectivity index (χ0n) is 12.7. The van der Waals surface area contributed by atoms with Gasteiger partial charge in [0.2, 0.25) is 15.9 Å². The van der Waals surface area contributed by atoms with E-state index in [4.69, 9.17) is 0 Å². The summed E-state index contributed by atoms with van der Waals surface area (Å²) in [6.45, 7) is 0.109. The Morgan fingerprint density at radius 1 is 1.42 bits per heavy atom. The number of ether oxygens (including phenoxy) is 1. The molecule has 0 saturated carbocycles. The van der Waals surface area contributed by atoms with Crippen molar-refractivity contribution in [1.29, 1.82) is 0 Å².